The molecule has 0 heterocycles. The van der Waals surface area contributed by atoms with Crippen LogP contribution < -0.4 is 10.3 Å². The second kappa shape index (κ2) is 6.27. The Morgan fingerprint density at radius 3 is 2.60 bits per heavy atom. The number of fused-ring (bicyclic) bond motifs is 1. The molecule has 0 saturated carbocycles. The van der Waals surface area contributed by atoms with Crippen molar-refractivity contribution in [1.29, 1.82) is 0 Å². The van der Waals surface area contributed by atoms with Gasteiger partial charge in [-0.1, -0.05) is 30.8 Å². The first-order chi connectivity index (χ1) is 9.59. The molecule has 0 spiro atoms. The van der Waals surface area contributed by atoms with E-state index < -0.39 is 6.72 Å². The topological polar surface area (TPSA) is 53.7 Å². The predicted molar refractivity (Wildman–Crippen MR) is 86.2 cm³/mol. The summed E-state index contributed by atoms with van der Waals surface area (Å²) in [5.41, 5.74) is 6.64. The van der Waals surface area contributed by atoms with Crippen LogP contribution in [-0.4, -0.2) is 6.61 Å². The van der Waals surface area contributed by atoms with Crippen LogP contribution in [0.4, 0.5) is 5.69 Å². The van der Waals surface area contributed by atoms with Gasteiger partial charge in [0.25, 0.3) is 0 Å². The summed E-state index contributed by atoms with van der Waals surface area (Å²) in [4.78, 5) is 0. The molecule has 6 heteroatoms. The van der Waals surface area contributed by atoms with E-state index in [4.69, 9.17) is 31.1 Å². The van der Waals surface area contributed by atoms with Crippen molar-refractivity contribution >= 4 is 35.0 Å². The third-order valence-corrected chi connectivity index (χ3v) is 4.82. The molecular formula is C14H16NO3PS. The minimum Gasteiger partial charge on any atom is -0.424 e. The van der Waals surface area contributed by atoms with E-state index in [1.54, 1.807) is 12.1 Å². The number of rotatable bonds is 6. The van der Waals surface area contributed by atoms with Crippen LogP contribution in [0.5, 0.6) is 5.75 Å². The fourth-order valence-electron chi connectivity index (χ4n) is 1.82. The van der Waals surface area contributed by atoms with Crippen LogP contribution in [0.25, 0.3) is 10.8 Å². The Bertz CT molecular complexity index is 675. The van der Waals surface area contributed by atoms with Crippen molar-refractivity contribution in [3.8, 4) is 5.75 Å². The van der Waals surface area contributed by atoms with E-state index in [1.165, 1.54) is 6.26 Å². The SMILES string of the molecule is C=COP(=S)(OCC)Oc1ccc(N)c2ccccc12. The van der Waals surface area contributed by atoms with Crippen LogP contribution in [0.15, 0.2) is 49.2 Å². The normalized spacial score (nSPS) is 13.7. The maximum atomic E-state index is 5.96. The highest BCUT2D eigenvalue weighted by Crippen LogP contribution is 2.51. The first kappa shape index (κ1) is 14.9. The Morgan fingerprint density at radius 1 is 1.25 bits per heavy atom. The van der Waals surface area contributed by atoms with Crippen molar-refractivity contribution in [3.05, 3.63) is 49.2 Å². The molecule has 2 aromatic rings. The van der Waals surface area contributed by atoms with E-state index >= 15 is 0 Å². The first-order valence-electron chi connectivity index (χ1n) is 6.10. The summed E-state index contributed by atoms with van der Waals surface area (Å²) >= 11 is 5.32. The molecule has 0 fully saturated rings. The van der Waals surface area contributed by atoms with E-state index in [-0.39, 0.29) is 0 Å². The summed E-state index contributed by atoms with van der Waals surface area (Å²) in [5.74, 6) is 0.591. The first-order valence-corrected chi connectivity index (χ1v) is 8.66. The smallest absolute Gasteiger partial charge is 0.424 e. The number of hydrogen-bond acceptors (Lipinski definition) is 5. The van der Waals surface area contributed by atoms with Crippen LogP contribution >= 0.6 is 6.72 Å². The molecule has 0 saturated heterocycles. The molecule has 0 radical (unpaired) electrons. The molecule has 0 bridgehead atoms. The number of nitrogens with two attached hydrogens (primary N) is 1. The average molecular weight is 309 g/mol. The third-order valence-electron chi connectivity index (χ3n) is 2.62. The van der Waals surface area contributed by atoms with E-state index in [1.807, 2.05) is 31.2 Å². The lowest BCUT2D eigenvalue weighted by Gasteiger charge is -2.21. The van der Waals surface area contributed by atoms with Gasteiger partial charge in [0.05, 0.1) is 12.9 Å². The van der Waals surface area contributed by atoms with Gasteiger partial charge in [0.15, 0.2) is 0 Å². The summed E-state index contributed by atoms with van der Waals surface area (Å²) in [6, 6.07) is 11.2. The lowest BCUT2D eigenvalue weighted by atomic mass is 10.1. The standard InChI is InChI=1S/C14H16NO3PS/c1-3-16-19(20,17-4-2)18-14-10-9-13(15)11-7-5-6-8-12(11)14/h3,5-10H,1,4,15H2,2H3. The quantitative estimate of drug-likeness (QED) is 0.492. The average Bonchev–Trinajstić information content (AvgIpc) is 2.43. The van der Waals surface area contributed by atoms with Gasteiger partial charge >= 0.3 is 6.72 Å². The van der Waals surface area contributed by atoms with E-state index in [0.29, 0.717) is 18.0 Å². The number of hydrogen-bond donors (Lipinski definition) is 1. The molecule has 1 atom stereocenters. The zero-order chi connectivity index (χ0) is 14.6. The molecule has 0 aromatic heterocycles. The van der Waals surface area contributed by atoms with Gasteiger partial charge in [0.2, 0.25) is 0 Å². The predicted octanol–water partition coefficient (Wildman–Crippen LogP) is 4.22. The van der Waals surface area contributed by atoms with Crippen LogP contribution in [0.3, 0.4) is 0 Å². The molecule has 2 rings (SSSR count). The van der Waals surface area contributed by atoms with Gasteiger partial charge in [-0.25, -0.2) is 0 Å². The Kier molecular flexibility index (Phi) is 4.65. The summed E-state index contributed by atoms with van der Waals surface area (Å²) in [7, 11) is 0. The van der Waals surface area contributed by atoms with Crippen molar-refractivity contribution < 1.29 is 13.6 Å². The van der Waals surface area contributed by atoms with Crippen LogP contribution in [0, 0.1) is 0 Å². The highest BCUT2D eigenvalue weighted by Gasteiger charge is 2.23. The van der Waals surface area contributed by atoms with Crippen LogP contribution in [0.1, 0.15) is 6.92 Å². The summed E-state index contributed by atoms with van der Waals surface area (Å²) in [5, 5.41) is 1.77. The zero-order valence-electron chi connectivity index (χ0n) is 11.1. The molecule has 2 aromatic carbocycles. The second-order valence-corrected chi connectivity index (χ2v) is 6.81. The number of nitrogen functional groups attached to an aromatic ring is 1. The fourth-order valence-corrected chi connectivity index (χ4v) is 3.62. The Labute approximate surface area is 123 Å². The van der Waals surface area contributed by atoms with E-state index in [0.717, 1.165) is 10.8 Å². The lowest BCUT2D eigenvalue weighted by Crippen LogP contribution is -2.00. The van der Waals surface area contributed by atoms with Crippen LogP contribution in [0.2, 0.25) is 0 Å². The molecule has 4 nitrogen and oxygen atoms in total. The minimum atomic E-state index is -2.89. The van der Waals surface area contributed by atoms with Gasteiger partial charge in [-0.05, 0) is 19.1 Å². The molecule has 0 amide bonds. The van der Waals surface area contributed by atoms with Gasteiger partial charge < -0.3 is 14.8 Å². The summed E-state index contributed by atoms with van der Waals surface area (Å²) in [6.45, 7) is 2.85. The molecule has 1 unspecified atom stereocenters. The van der Waals surface area contributed by atoms with Crippen molar-refractivity contribution in [3.63, 3.8) is 0 Å². The second-order valence-electron chi connectivity index (χ2n) is 3.93. The van der Waals surface area contributed by atoms with Gasteiger partial charge in [-0.3, -0.25) is 4.52 Å². The maximum absolute atomic E-state index is 5.96. The monoisotopic (exact) mass is 309 g/mol. The van der Waals surface area contributed by atoms with E-state index in [9.17, 15) is 0 Å². The molecule has 0 aliphatic heterocycles. The summed E-state index contributed by atoms with van der Waals surface area (Å²) < 4.78 is 16.5. The van der Waals surface area contributed by atoms with E-state index in [2.05, 4.69) is 6.58 Å². The van der Waals surface area contributed by atoms with Gasteiger partial charge in [0.1, 0.15) is 5.75 Å². The van der Waals surface area contributed by atoms with Crippen molar-refractivity contribution in [2.75, 3.05) is 12.3 Å². The Morgan fingerprint density at radius 2 is 1.95 bits per heavy atom. The lowest BCUT2D eigenvalue weighted by molar-refractivity contribution is 0.260. The van der Waals surface area contributed by atoms with Gasteiger partial charge in [-0.2, -0.15) is 0 Å². The largest absolute Gasteiger partial charge is 0.434 e. The Balaban J connectivity index is 2.45. The number of benzene rings is 2. The third kappa shape index (κ3) is 3.12. The van der Waals surface area contributed by atoms with Gasteiger partial charge in [-0.15, -0.1) is 0 Å². The van der Waals surface area contributed by atoms with Crippen molar-refractivity contribution in [1.82, 2.24) is 0 Å². The van der Waals surface area contributed by atoms with Gasteiger partial charge in [0, 0.05) is 28.3 Å². The molecule has 0 aliphatic carbocycles. The highest BCUT2D eigenvalue weighted by atomic mass is 32.5. The van der Waals surface area contributed by atoms with Crippen molar-refractivity contribution in [2.45, 2.75) is 6.92 Å². The zero-order valence-corrected chi connectivity index (χ0v) is 12.8. The maximum Gasteiger partial charge on any atom is 0.434 e. The van der Waals surface area contributed by atoms with Crippen LogP contribution in [-0.2, 0) is 20.9 Å². The highest BCUT2D eigenvalue weighted by molar-refractivity contribution is 8.07. The molecule has 2 N–H and O–H groups in total. The molecule has 0 aliphatic rings. The number of anilines is 1. The Hall–Kier alpha value is -1.55. The minimum absolute atomic E-state index is 0.401. The summed E-state index contributed by atoms with van der Waals surface area (Å²) in [6.07, 6.45) is 1.25. The fraction of sp³-hybridized carbons (Fsp3) is 0.143. The molecule has 20 heavy (non-hydrogen) atoms. The van der Waals surface area contributed by atoms with Crippen molar-refractivity contribution in [2.24, 2.45) is 0 Å². The molecule has 106 valence electrons. The molecular weight excluding hydrogens is 293 g/mol.